The number of nitriles is 2. The van der Waals surface area contributed by atoms with E-state index in [0.717, 1.165) is 72.0 Å². The van der Waals surface area contributed by atoms with Crippen LogP contribution >= 0.6 is 0 Å². The molecule has 0 aliphatic heterocycles. The van der Waals surface area contributed by atoms with E-state index < -0.39 is 0 Å². The zero-order chi connectivity index (χ0) is 32.9. The van der Waals surface area contributed by atoms with Crippen LogP contribution in [-0.2, 0) is 0 Å². The van der Waals surface area contributed by atoms with Crippen LogP contribution in [0.5, 0.6) is 0 Å². The van der Waals surface area contributed by atoms with Crippen LogP contribution in [0, 0.1) is 22.7 Å². The third-order valence-corrected chi connectivity index (χ3v) is 9.36. The molecule has 0 bridgehead atoms. The molecule has 0 radical (unpaired) electrons. The van der Waals surface area contributed by atoms with Gasteiger partial charge in [0.05, 0.1) is 56.7 Å². The first-order chi connectivity index (χ1) is 24.2. The summed E-state index contributed by atoms with van der Waals surface area (Å²) in [6.07, 6.45) is 0. The summed E-state index contributed by atoms with van der Waals surface area (Å²) in [7, 11) is 0. The molecule has 9 rings (SSSR count). The van der Waals surface area contributed by atoms with Crippen LogP contribution in [0.2, 0.25) is 0 Å². The topological polar surface area (TPSA) is 60.7 Å². The molecule has 0 N–H and O–H groups in total. The first-order valence-corrected chi connectivity index (χ1v) is 16.2. The van der Waals surface area contributed by atoms with Crippen molar-refractivity contribution < 1.29 is 0 Å². The summed E-state index contributed by atoms with van der Waals surface area (Å²) < 4.78 is 4.58. The summed E-state index contributed by atoms with van der Waals surface area (Å²) in [6, 6.07) is 60.7. The van der Waals surface area contributed by atoms with Crippen molar-refractivity contribution in [1.82, 2.24) is 9.13 Å². The second-order valence-corrected chi connectivity index (χ2v) is 12.0. The fraction of sp³-hybridized carbons (Fsp3) is 0. The minimum atomic E-state index is 0.633. The lowest BCUT2D eigenvalue weighted by atomic mass is 10.1. The molecule has 2 heterocycles. The quantitative estimate of drug-likeness (QED) is 0.191. The fourth-order valence-electron chi connectivity index (χ4n) is 7.28. The zero-order valence-corrected chi connectivity index (χ0v) is 26.3. The molecule has 7 aromatic carbocycles. The van der Waals surface area contributed by atoms with Gasteiger partial charge in [0.25, 0.3) is 0 Å². The summed E-state index contributed by atoms with van der Waals surface area (Å²) >= 11 is 0. The third kappa shape index (κ3) is 4.38. The predicted octanol–water partition coefficient (Wildman–Crippen LogP) is 11.1. The predicted molar refractivity (Wildman–Crippen MR) is 199 cm³/mol. The number of rotatable bonds is 5. The molecule has 0 saturated carbocycles. The number of anilines is 3. The SMILES string of the molecule is N#Cc1ccc(-n2c3ccccc3c3c(N(c4ccccc4)c4cccc5c4c4ccccc4n5-c4ccc(C#N)cc4)cccc32)cc1. The highest BCUT2D eigenvalue weighted by molar-refractivity contribution is 6.20. The van der Waals surface area contributed by atoms with E-state index in [4.69, 9.17) is 0 Å². The molecular formula is C44H27N5. The zero-order valence-electron chi connectivity index (χ0n) is 26.3. The Balaban J connectivity index is 1.37. The number of fused-ring (bicyclic) bond motifs is 6. The summed E-state index contributed by atoms with van der Waals surface area (Å²) in [5, 5.41) is 23.5. The molecule has 0 amide bonds. The highest BCUT2D eigenvalue weighted by atomic mass is 15.2. The fourth-order valence-corrected chi connectivity index (χ4v) is 7.28. The number of para-hydroxylation sites is 3. The summed E-state index contributed by atoms with van der Waals surface area (Å²) in [5.41, 5.74) is 10.8. The molecule has 2 aromatic heterocycles. The Labute approximate surface area is 282 Å². The van der Waals surface area contributed by atoms with Crippen LogP contribution < -0.4 is 4.90 Å². The van der Waals surface area contributed by atoms with Crippen molar-refractivity contribution in [1.29, 1.82) is 10.5 Å². The molecule has 5 nitrogen and oxygen atoms in total. The van der Waals surface area contributed by atoms with Crippen molar-refractivity contribution in [2.45, 2.75) is 0 Å². The lowest BCUT2D eigenvalue weighted by molar-refractivity contribution is 1.18. The van der Waals surface area contributed by atoms with Gasteiger partial charge >= 0.3 is 0 Å². The van der Waals surface area contributed by atoms with E-state index in [2.05, 4.69) is 141 Å². The third-order valence-electron chi connectivity index (χ3n) is 9.36. The molecule has 0 unspecified atom stereocenters. The van der Waals surface area contributed by atoms with E-state index in [1.54, 1.807) is 0 Å². The molecule has 0 spiro atoms. The lowest BCUT2D eigenvalue weighted by Gasteiger charge is -2.27. The number of aromatic nitrogens is 2. The minimum Gasteiger partial charge on any atom is -0.309 e. The lowest BCUT2D eigenvalue weighted by Crippen LogP contribution is -2.11. The van der Waals surface area contributed by atoms with Crippen LogP contribution in [0.25, 0.3) is 55.0 Å². The van der Waals surface area contributed by atoms with E-state index in [9.17, 15) is 10.5 Å². The number of hydrogen-bond acceptors (Lipinski definition) is 3. The van der Waals surface area contributed by atoms with Crippen LogP contribution in [0.4, 0.5) is 17.1 Å². The smallest absolute Gasteiger partial charge is 0.0991 e. The van der Waals surface area contributed by atoms with Crippen molar-refractivity contribution >= 4 is 60.7 Å². The summed E-state index contributed by atoms with van der Waals surface area (Å²) in [6.45, 7) is 0. The van der Waals surface area contributed by atoms with Crippen molar-refractivity contribution in [3.05, 3.63) is 175 Å². The number of benzene rings is 7. The van der Waals surface area contributed by atoms with E-state index in [1.165, 1.54) is 0 Å². The van der Waals surface area contributed by atoms with E-state index >= 15 is 0 Å². The molecule has 9 aromatic rings. The molecule has 0 saturated heterocycles. The highest BCUT2D eigenvalue weighted by Crippen LogP contribution is 2.47. The second-order valence-electron chi connectivity index (χ2n) is 12.0. The Morgan fingerprint density at radius 3 is 1.24 bits per heavy atom. The van der Waals surface area contributed by atoms with Gasteiger partial charge in [-0.15, -0.1) is 0 Å². The maximum Gasteiger partial charge on any atom is 0.0991 e. The average molecular weight is 626 g/mol. The molecule has 228 valence electrons. The molecule has 0 atom stereocenters. The minimum absolute atomic E-state index is 0.633. The van der Waals surface area contributed by atoms with Gasteiger partial charge in [0, 0.05) is 38.6 Å². The molecule has 0 aliphatic carbocycles. The highest BCUT2D eigenvalue weighted by Gasteiger charge is 2.24. The summed E-state index contributed by atoms with van der Waals surface area (Å²) in [4.78, 5) is 2.38. The Hall–Kier alpha value is -7.08. The molecule has 5 heteroatoms. The number of nitrogens with zero attached hydrogens (tertiary/aromatic N) is 5. The maximum absolute atomic E-state index is 9.47. The van der Waals surface area contributed by atoms with E-state index in [-0.39, 0.29) is 0 Å². The van der Waals surface area contributed by atoms with Crippen molar-refractivity contribution in [2.24, 2.45) is 0 Å². The van der Waals surface area contributed by atoms with Gasteiger partial charge in [-0.1, -0.05) is 66.7 Å². The molecule has 0 aliphatic rings. The Morgan fingerprint density at radius 1 is 0.388 bits per heavy atom. The van der Waals surface area contributed by atoms with Crippen LogP contribution in [-0.4, -0.2) is 9.13 Å². The van der Waals surface area contributed by atoms with E-state index in [0.29, 0.717) is 11.1 Å². The number of hydrogen-bond donors (Lipinski definition) is 0. The van der Waals surface area contributed by atoms with Gasteiger partial charge in [0.2, 0.25) is 0 Å². The summed E-state index contributed by atoms with van der Waals surface area (Å²) in [5.74, 6) is 0. The Morgan fingerprint density at radius 2 is 0.796 bits per heavy atom. The van der Waals surface area contributed by atoms with Crippen molar-refractivity contribution in [3.8, 4) is 23.5 Å². The van der Waals surface area contributed by atoms with Gasteiger partial charge in [0.1, 0.15) is 0 Å². The van der Waals surface area contributed by atoms with Gasteiger partial charge in [-0.2, -0.15) is 10.5 Å². The van der Waals surface area contributed by atoms with Gasteiger partial charge in [-0.25, -0.2) is 0 Å². The standard InChI is InChI=1S/C44H27N5/c45-28-30-20-24-33(25-21-30)47-37-14-6-4-12-35(37)43-39(47)16-8-18-41(43)49(32-10-2-1-3-11-32)42-19-9-17-40-44(42)36-13-5-7-15-38(36)48(40)34-26-22-31(29-46)23-27-34/h1-27H. The van der Waals surface area contributed by atoms with Crippen LogP contribution in [0.1, 0.15) is 11.1 Å². The normalized spacial score (nSPS) is 11.2. The average Bonchev–Trinajstić information content (AvgIpc) is 3.69. The van der Waals surface area contributed by atoms with Crippen molar-refractivity contribution in [2.75, 3.05) is 4.90 Å². The van der Waals surface area contributed by atoms with Gasteiger partial charge in [0.15, 0.2) is 0 Å². The monoisotopic (exact) mass is 625 g/mol. The Kier molecular flexibility index (Phi) is 6.50. The second kappa shape index (κ2) is 11.3. The maximum atomic E-state index is 9.47. The van der Waals surface area contributed by atoms with Crippen LogP contribution in [0.3, 0.4) is 0 Å². The first-order valence-electron chi connectivity index (χ1n) is 16.2. The van der Waals surface area contributed by atoms with Gasteiger partial charge in [-0.05, 0) is 97.1 Å². The van der Waals surface area contributed by atoms with Gasteiger partial charge in [-0.3, -0.25) is 0 Å². The first kappa shape index (κ1) is 28.2. The largest absolute Gasteiger partial charge is 0.309 e. The van der Waals surface area contributed by atoms with Crippen molar-refractivity contribution in [3.63, 3.8) is 0 Å². The molecule has 49 heavy (non-hydrogen) atoms. The molecule has 0 fully saturated rings. The van der Waals surface area contributed by atoms with Gasteiger partial charge < -0.3 is 14.0 Å². The van der Waals surface area contributed by atoms with Crippen LogP contribution in [0.15, 0.2) is 164 Å². The van der Waals surface area contributed by atoms with E-state index in [1.807, 2.05) is 48.5 Å². The molecular weight excluding hydrogens is 599 g/mol. The Bertz CT molecular complexity index is 2600.